The minimum absolute atomic E-state index is 0.290. The number of carbonyl (C=O) groups excluding carboxylic acids is 1. The summed E-state index contributed by atoms with van der Waals surface area (Å²) >= 11 is 1.61. The monoisotopic (exact) mass is 307 g/mol. The van der Waals surface area contributed by atoms with Crippen LogP contribution in [0.2, 0.25) is 0 Å². The van der Waals surface area contributed by atoms with Crippen LogP contribution in [0, 0.1) is 6.92 Å². The molecule has 1 aromatic rings. The van der Waals surface area contributed by atoms with Crippen LogP contribution < -0.4 is 0 Å². The number of carbonyl (C=O) groups is 1. The molecule has 0 aliphatic rings. The summed E-state index contributed by atoms with van der Waals surface area (Å²) in [6, 6.07) is 0. The summed E-state index contributed by atoms with van der Waals surface area (Å²) in [5.74, 6) is 0.290. The van der Waals surface area contributed by atoms with Crippen molar-refractivity contribution < 1.29 is 9.90 Å². The van der Waals surface area contributed by atoms with Crippen molar-refractivity contribution in [1.29, 1.82) is 0 Å². The molecule has 0 spiro atoms. The molecule has 0 aromatic carbocycles. The first-order valence-corrected chi connectivity index (χ1v) is 8.26. The van der Waals surface area contributed by atoms with Crippen molar-refractivity contribution in [3.8, 4) is 0 Å². The number of Topliss-reactive ketones (excluding diaryl/α,β-unsaturated/α-hetero) is 1. The first kappa shape index (κ1) is 17.8. The van der Waals surface area contributed by atoms with Gasteiger partial charge in [-0.2, -0.15) is 0 Å². The lowest BCUT2D eigenvalue weighted by Gasteiger charge is -2.09. The third-order valence-corrected chi connectivity index (χ3v) is 4.21. The van der Waals surface area contributed by atoms with Crippen LogP contribution in [0.5, 0.6) is 0 Å². The number of aliphatic hydroxyl groups excluding tert-OH is 1. The molecule has 1 N–H and O–H groups in total. The molecule has 0 bridgehead atoms. The fourth-order valence-electron chi connectivity index (χ4n) is 1.89. The number of thiazole rings is 1. The van der Waals surface area contributed by atoms with E-state index in [2.05, 4.69) is 4.98 Å². The minimum atomic E-state index is -0.496. The Morgan fingerprint density at radius 1 is 1.43 bits per heavy atom. The van der Waals surface area contributed by atoms with E-state index in [9.17, 15) is 9.90 Å². The van der Waals surface area contributed by atoms with E-state index in [4.69, 9.17) is 0 Å². The van der Waals surface area contributed by atoms with Gasteiger partial charge in [0, 0.05) is 18.2 Å². The molecule has 4 heteroatoms. The summed E-state index contributed by atoms with van der Waals surface area (Å²) in [4.78, 5) is 15.6. The second-order valence-electron chi connectivity index (χ2n) is 5.37. The lowest BCUT2D eigenvalue weighted by atomic mass is 10.0. The van der Waals surface area contributed by atoms with Crippen LogP contribution >= 0.6 is 11.3 Å². The average molecular weight is 307 g/mol. The summed E-state index contributed by atoms with van der Waals surface area (Å²) in [6.07, 6.45) is 6.02. The molecule has 116 valence electrons. The van der Waals surface area contributed by atoms with Gasteiger partial charge < -0.3 is 5.11 Å². The molecule has 1 rings (SSSR count). The molecule has 0 radical (unpaired) electrons. The molecule has 0 fully saturated rings. The topological polar surface area (TPSA) is 50.2 Å². The van der Waals surface area contributed by atoms with Gasteiger partial charge in [-0.25, -0.2) is 4.98 Å². The number of aromatic nitrogens is 1. The second-order valence-corrected chi connectivity index (χ2v) is 6.44. The summed E-state index contributed by atoms with van der Waals surface area (Å²) in [7, 11) is 0. The first-order chi connectivity index (χ1) is 9.92. The Morgan fingerprint density at radius 3 is 2.71 bits per heavy atom. The zero-order valence-electron chi connectivity index (χ0n) is 13.3. The van der Waals surface area contributed by atoms with Crippen molar-refractivity contribution in [2.75, 3.05) is 0 Å². The minimum Gasteiger partial charge on any atom is -0.388 e. The SMILES string of the molecule is CCC(=O)CC/C(C)=C\C[C@H](O)/C(C)=C/c1csc(C)n1. The molecule has 3 nitrogen and oxygen atoms in total. The van der Waals surface area contributed by atoms with Crippen LogP contribution in [0.4, 0.5) is 0 Å². The van der Waals surface area contributed by atoms with Crippen molar-refractivity contribution in [2.24, 2.45) is 0 Å². The molecule has 1 aromatic heterocycles. The summed E-state index contributed by atoms with van der Waals surface area (Å²) in [6.45, 7) is 7.79. The summed E-state index contributed by atoms with van der Waals surface area (Å²) < 4.78 is 0. The van der Waals surface area contributed by atoms with E-state index in [0.717, 1.165) is 28.3 Å². The standard InChI is InChI=1S/C17H25NO2S/c1-5-16(19)8-6-12(2)7-9-17(20)13(3)10-15-11-21-14(4)18-15/h7,10-11,17,20H,5-6,8-9H2,1-4H3/b12-7-,13-10+/t17-/m0/s1. The van der Waals surface area contributed by atoms with Crippen LogP contribution in [-0.4, -0.2) is 22.0 Å². The lowest BCUT2D eigenvalue weighted by Crippen LogP contribution is -2.06. The van der Waals surface area contributed by atoms with E-state index in [-0.39, 0.29) is 0 Å². The van der Waals surface area contributed by atoms with Gasteiger partial charge in [0.25, 0.3) is 0 Å². The third kappa shape index (κ3) is 6.82. The molecule has 0 saturated carbocycles. The van der Waals surface area contributed by atoms with Gasteiger partial charge in [0.2, 0.25) is 0 Å². The van der Waals surface area contributed by atoms with Gasteiger partial charge >= 0.3 is 0 Å². The van der Waals surface area contributed by atoms with Crippen molar-refractivity contribution in [2.45, 2.75) is 59.5 Å². The Balaban J connectivity index is 2.50. The van der Waals surface area contributed by atoms with Crippen LogP contribution in [-0.2, 0) is 4.79 Å². The number of hydrogen-bond donors (Lipinski definition) is 1. The highest BCUT2D eigenvalue weighted by Crippen LogP contribution is 2.16. The van der Waals surface area contributed by atoms with Crippen molar-refractivity contribution >= 4 is 23.2 Å². The van der Waals surface area contributed by atoms with E-state index in [1.165, 1.54) is 0 Å². The smallest absolute Gasteiger partial charge is 0.132 e. The van der Waals surface area contributed by atoms with Crippen LogP contribution in [0.15, 0.2) is 22.6 Å². The number of aryl methyl sites for hydroxylation is 1. The highest BCUT2D eigenvalue weighted by molar-refractivity contribution is 7.09. The zero-order chi connectivity index (χ0) is 15.8. The van der Waals surface area contributed by atoms with Gasteiger partial charge in [0.15, 0.2) is 0 Å². The highest BCUT2D eigenvalue weighted by atomic mass is 32.1. The van der Waals surface area contributed by atoms with Gasteiger partial charge in [-0.15, -0.1) is 11.3 Å². The molecule has 0 aliphatic heterocycles. The molecular formula is C17H25NO2S. The average Bonchev–Trinajstić information content (AvgIpc) is 2.86. The Kier molecular flexibility index (Phi) is 7.54. The Labute approximate surface area is 131 Å². The highest BCUT2D eigenvalue weighted by Gasteiger charge is 2.06. The molecule has 0 aliphatic carbocycles. The van der Waals surface area contributed by atoms with Crippen LogP contribution in [0.25, 0.3) is 6.08 Å². The van der Waals surface area contributed by atoms with E-state index < -0.39 is 6.10 Å². The maximum absolute atomic E-state index is 11.3. The first-order valence-electron chi connectivity index (χ1n) is 7.38. The predicted octanol–water partition coefficient (Wildman–Crippen LogP) is 4.31. The van der Waals surface area contributed by atoms with Crippen molar-refractivity contribution in [1.82, 2.24) is 4.98 Å². The number of rotatable bonds is 8. The van der Waals surface area contributed by atoms with E-state index in [1.54, 1.807) is 11.3 Å². The van der Waals surface area contributed by atoms with Gasteiger partial charge in [0.1, 0.15) is 5.78 Å². The van der Waals surface area contributed by atoms with Gasteiger partial charge in [0.05, 0.1) is 16.8 Å². The summed E-state index contributed by atoms with van der Waals surface area (Å²) in [5, 5.41) is 13.2. The van der Waals surface area contributed by atoms with E-state index in [0.29, 0.717) is 25.0 Å². The Morgan fingerprint density at radius 2 is 2.14 bits per heavy atom. The molecule has 21 heavy (non-hydrogen) atoms. The quantitative estimate of drug-likeness (QED) is 0.728. The third-order valence-electron chi connectivity index (χ3n) is 3.42. The molecule has 0 saturated heterocycles. The number of aliphatic hydroxyl groups is 1. The predicted molar refractivity (Wildman–Crippen MR) is 89.4 cm³/mol. The molecule has 0 amide bonds. The van der Waals surface area contributed by atoms with Crippen LogP contribution in [0.1, 0.15) is 57.2 Å². The number of nitrogens with zero attached hydrogens (tertiary/aromatic N) is 1. The molecule has 0 unspecified atom stereocenters. The van der Waals surface area contributed by atoms with Gasteiger partial charge in [-0.1, -0.05) is 18.6 Å². The Hall–Kier alpha value is -1.26. The van der Waals surface area contributed by atoms with Crippen LogP contribution in [0.3, 0.4) is 0 Å². The second kappa shape index (κ2) is 8.90. The maximum atomic E-state index is 11.3. The number of ketones is 1. The zero-order valence-corrected chi connectivity index (χ0v) is 14.2. The summed E-state index contributed by atoms with van der Waals surface area (Å²) in [5.41, 5.74) is 2.98. The van der Waals surface area contributed by atoms with E-state index >= 15 is 0 Å². The normalized spacial score (nSPS) is 14.3. The van der Waals surface area contributed by atoms with E-state index in [1.807, 2.05) is 45.2 Å². The fraction of sp³-hybridized carbons (Fsp3) is 0.529. The van der Waals surface area contributed by atoms with Gasteiger partial charge in [-0.3, -0.25) is 4.79 Å². The molecule has 1 atom stereocenters. The van der Waals surface area contributed by atoms with Crippen molar-refractivity contribution in [3.05, 3.63) is 33.3 Å². The largest absolute Gasteiger partial charge is 0.388 e. The number of hydrogen-bond acceptors (Lipinski definition) is 4. The molecular weight excluding hydrogens is 282 g/mol. The molecule has 1 heterocycles. The van der Waals surface area contributed by atoms with Crippen molar-refractivity contribution in [3.63, 3.8) is 0 Å². The Bertz CT molecular complexity index is 529. The fourth-order valence-corrected chi connectivity index (χ4v) is 2.46. The van der Waals surface area contributed by atoms with Gasteiger partial charge in [-0.05, 0) is 45.3 Å². The lowest BCUT2D eigenvalue weighted by molar-refractivity contribution is -0.118. The maximum Gasteiger partial charge on any atom is 0.132 e. The number of allylic oxidation sites excluding steroid dienone is 1.